The lowest BCUT2D eigenvalue weighted by molar-refractivity contribution is -0.124. The Morgan fingerprint density at radius 1 is 1.07 bits per heavy atom. The molecule has 0 saturated carbocycles. The van der Waals surface area contributed by atoms with Crippen LogP contribution in [0.1, 0.15) is 23.8 Å². The molecule has 0 fully saturated rings. The lowest BCUT2D eigenvalue weighted by Gasteiger charge is -2.17. The number of aromatic nitrogens is 2. The maximum atomic E-state index is 12.6. The van der Waals surface area contributed by atoms with E-state index in [0.29, 0.717) is 28.2 Å². The van der Waals surface area contributed by atoms with Gasteiger partial charge in [0.05, 0.1) is 37.1 Å². The maximum Gasteiger partial charge on any atom is 0.359 e. The third-order valence-electron chi connectivity index (χ3n) is 4.24. The van der Waals surface area contributed by atoms with Crippen LogP contribution in [-0.2, 0) is 9.53 Å². The van der Waals surface area contributed by atoms with Crippen molar-refractivity contribution < 1.29 is 23.8 Å². The van der Waals surface area contributed by atoms with Gasteiger partial charge in [-0.1, -0.05) is 19.1 Å². The van der Waals surface area contributed by atoms with Gasteiger partial charge in [0.1, 0.15) is 11.5 Å². The number of rotatable bonds is 7. The number of methoxy groups -OCH3 is 2. The number of ether oxygens (including phenoxy) is 3. The molecule has 0 aliphatic rings. The molecule has 1 unspecified atom stereocenters. The van der Waals surface area contributed by atoms with Crippen molar-refractivity contribution in [2.24, 2.45) is 0 Å². The Bertz CT molecular complexity index is 1040. The normalized spacial score (nSPS) is 11.6. The van der Waals surface area contributed by atoms with Crippen LogP contribution >= 0.6 is 0 Å². The quantitative estimate of drug-likeness (QED) is 0.613. The van der Waals surface area contributed by atoms with Crippen molar-refractivity contribution in [3.8, 4) is 11.5 Å². The lowest BCUT2D eigenvalue weighted by Crippen LogP contribution is -2.32. The summed E-state index contributed by atoms with van der Waals surface area (Å²) in [6, 6.07) is 12.2. The smallest absolute Gasteiger partial charge is 0.359 e. The molecule has 0 bridgehead atoms. The molecular weight excluding hydrogens is 374 g/mol. The Morgan fingerprint density at radius 3 is 2.52 bits per heavy atom. The monoisotopic (exact) mass is 395 g/mol. The van der Waals surface area contributed by atoms with Gasteiger partial charge in [-0.05, 0) is 30.7 Å². The first-order valence-electron chi connectivity index (χ1n) is 9.01. The van der Waals surface area contributed by atoms with Crippen LogP contribution in [0.3, 0.4) is 0 Å². The van der Waals surface area contributed by atoms with Crippen molar-refractivity contribution >= 4 is 28.6 Å². The van der Waals surface area contributed by atoms with E-state index in [9.17, 15) is 9.59 Å². The number of nitrogens with zero attached hydrogens (tertiary/aromatic N) is 2. The molecule has 0 aliphatic carbocycles. The summed E-state index contributed by atoms with van der Waals surface area (Å²) in [5.41, 5.74) is 1.72. The molecule has 8 heteroatoms. The second kappa shape index (κ2) is 9.01. The van der Waals surface area contributed by atoms with Gasteiger partial charge in [-0.15, -0.1) is 0 Å². The van der Waals surface area contributed by atoms with Crippen molar-refractivity contribution in [3.05, 3.63) is 54.4 Å². The van der Waals surface area contributed by atoms with Crippen LogP contribution in [0.25, 0.3) is 11.0 Å². The molecule has 1 N–H and O–H groups in total. The molecule has 0 aliphatic heterocycles. The summed E-state index contributed by atoms with van der Waals surface area (Å²) in [5, 5.41) is 2.72. The van der Waals surface area contributed by atoms with Gasteiger partial charge in [0.2, 0.25) is 0 Å². The Kier molecular flexibility index (Phi) is 6.23. The highest BCUT2D eigenvalue weighted by Gasteiger charge is 2.24. The van der Waals surface area contributed by atoms with E-state index in [0.717, 1.165) is 0 Å². The largest absolute Gasteiger partial charge is 0.497 e. The predicted octanol–water partition coefficient (Wildman–Crippen LogP) is 3.22. The molecule has 0 spiro atoms. The highest BCUT2D eigenvalue weighted by Crippen LogP contribution is 2.29. The van der Waals surface area contributed by atoms with Crippen LogP contribution in [0.5, 0.6) is 11.5 Å². The van der Waals surface area contributed by atoms with Crippen LogP contribution in [0.2, 0.25) is 0 Å². The van der Waals surface area contributed by atoms with Crippen LogP contribution in [0.15, 0.2) is 48.7 Å². The molecule has 3 rings (SSSR count). The second-order valence-electron chi connectivity index (χ2n) is 6.10. The van der Waals surface area contributed by atoms with E-state index in [1.165, 1.54) is 20.4 Å². The zero-order valence-corrected chi connectivity index (χ0v) is 16.3. The average molecular weight is 395 g/mol. The fourth-order valence-corrected chi connectivity index (χ4v) is 2.68. The second-order valence-corrected chi connectivity index (χ2v) is 6.10. The van der Waals surface area contributed by atoms with Crippen LogP contribution in [0.4, 0.5) is 5.69 Å². The average Bonchev–Trinajstić information content (AvgIpc) is 2.77. The van der Waals surface area contributed by atoms with E-state index in [2.05, 4.69) is 15.3 Å². The third kappa shape index (κ3) is 4.60. The number of hydrogen-bond donors (Lipinski definition) is 1. The highest BCUT2D eigenvalue weighted by molar-refractivity contribution is 5.98. The molecule has 150 valence electrons. The van der Waals surface area contributed by atoms with E-state index >= 15 is 0 Å². The van der Waals surface area contributed by atoms with Crippen molar-refractivity contribution in [2.75, 3.05) is 19.5 Å². The summed E-state index contributed by atoms with van der Waals surface area (Å²) in [6.45, 7) is 1.74. The van der Waals surface area contributed by atoms with E-state index in [1.807, 2.05) is 6.07 Å². The first-order valence-corrected chi connectivity index (χ1v) is 9.01. The standard InChI is InChI=1S/C21H21N3O5/c1-4-18(20(25)24-16-10-9-13(27-2)11-19(16)28-3)29-21(26)17-12-22-14-7-5-6-8-15(14)23-17/h5-12,18H,4H2,1-3H3,(H,24,25). The van der Waals surface area contributed by atoms with E-state index in [-0.39, 0.29) is 12.1 Å². The molecule has 1 heterocycles. The van der Waals surface area contributed by atoms with Gasteiger partial charge < -0.3 is 19.5 Å². The predicted molar refractivity (Wildman–Crippen MR) is 107 cm³/mol. The van der Waals surface area contributed by atoms with Gasteiger partial charge in [0.25, 0.3) is 5.91 Å². The number of fused-ring (bicyclic) bond motifs is 1. The molecule has 29 heavy (non-hydrogen) atoms. The SMILES string of the molecule is CCC(OC(=O)c1cnc2ccccc2n1)C(=O)Nc1ccc(OC)cc1OC. The summed E-state index contributed by atoms with van der Waals surface area (Å²) in [5.74, 6) is -0.169. The summed E-state index contributed by atoms with van der Waals surface area (Å²) in [7, 11) is 3.02. The Labute approximate surface area is 167 Å². The molecule has 0 saturated heterocycles. The lowest BCUT2D eigenvalue weighted by atomic mass is 10.2. The number of anilines is 1. The Balaban J connectivity index is 1.73. The van der Waals surface area contributed by atoms with E-state index in [1.54, 1.807) is 43.3 Å². The van der Waals surface area contributed by atoms with Crippen molar-refractivity contribution in [3.63, 3.8) is 0 Å². The Hall–Kier alpha value is -3.68. The summed E-state index contributed by atoms with van der Waals surface area (Å²) in [6.07, 6.45) is 0.626. The van der Waals surface area contributed by atoms with E-state index < -0.39 is 18.0 Å². The molecule has 2 aromatic carbocycles. The minimum absolute atomic E-state index is 0.0389. The number of esters is 1. The van der Waals surface area contributed by atoms with Crippen molar-refractivity contribution in [1.82, 2.24) is 9.97 Å². The minimum Gasteiger partial charge on any atom is -0.497 e. The molecule has 8 nitrogen and oxygen atoms in total. The molecule has 1 amide bonds. The first-order chi connectivity index (χ1) is 14.0. The number of carbonyl (C=O) groups is 2. The fraction of sp³-hybridized carbons (Fsp3) is 0.238. The zero-order chi connectivity index (χ0) is 20.8. The highest BCUT2D eigenvalue weighted by atomic mass is 16.5. The van der Waals surface area contributed by atoms with E-state index in [4.69, 9.17) is 14.2 Å². The topological polar surface area (TPSA) is 99.6 Å². The van der Waals surface area contributed by atoms with Crippen molar-refractivity contribution in [1.29, 1.82) is 0 Å². The first kappa shape index (κ1) is 20.1. The molecule has 0 radical (unpaired) electrons. The number of para-hydroxylation sites is 2. The maximum absolute atomic E-state index is 12.6. The molecule has 3 aromatic rings. The molecular formula is C21H21N3O5. The molecule has 1 aromatic heterocycles. The zero-order valence-electron chi connectivity index (χ0n) is 16.3. The number of benzene rings is 2. The summed E-state index contributed by atoms with van der Waals surface area (Å²) in [4.78, 5) is 33.6. The van der Waals surface area contributed by atoms with Crippen LogP contribution in [0, 0.1) is 0 Å². The Morgan fingerprint density at radius 2 is 1.83 bits per heavy atom. The molecule has 1 atom stereocenters. The number of nitrogens with one attached hydrogen (secondary N) is 1. The van der Waals surface area contributed by atoms with Gasteiger partial charge in [0, 0.05) is 6.07 Å². The van der Waals surface area contributed by atoms with Crippen LogP contribution < -0.4 is 14.8 Å². The van der Waals surface area contributed by atoms with Gasteiger partial charge >= 0.3 is 5.97 Å². The fourth-order valence-electron chi connectivity index (χ4n) is 2.68. The van der Waals surface area contributed by atoms with Gasteiger partial charge in [-0.2, -0.15) is 0 Å². The van der Waals surface area contributed by atoms with Crippen LogP contribution in [-0.4, -0.2) is 42.2 Å². The number of amides is 1. The number of hydrogen-bond acceptors (Lipinski definition) is 7. The third-order valence-corrected chi connectivity index (χ3v) is 4.24. The van der Waals surface area contributed by atoms with Gasteiger partial charge in [-0.25, -0.2) is 9.78 Å². The number of carbonyl (C=O) groups excluding carboxylic acids is 2. The van der Waals surface area contributed by atoms with Gasteiger partial charge in [0.15, 0.2) is 11.8 Å². The minimum atomic E-state index is -0.998. The summed E-state index contributed by atoms with van der Waals surface area (Å²) < 4.78 is 15.8. The van der Waals surface area contributed by atoms with Gasteiger partial charge in [-0.3, -0.25) is 9.78 Å². The van der Waals surface area contributed by atoms with Crippen molar-refractivity contribution in [2.45, 2.75) is 19.4 Å². The summed E-state index contributed by atoms with van der Waals surface area (Å²) >= 11 is 0.